The predicted octanol–water partition coefficient (Wildman–Crippen LogP) is 1.45. The van der Waals surface area contributed by atoms with E-state index < -0.39 is 0 Å². The van der Waals surface area contributed by atoms with Gasteiger partial charge in [0.2, 0.25) is 0 Å². The average molecular weight is 244 g/mol. The fourth-order valence-corrected chi connectivity index (χ4v) is 2.09. The van der Waals surface area contributed by atoms with Crippen LogP contribution in [0, 0.1) is 6.92 Å². The molecule has 1 aliphatic rings. The van der Waals surface area contributed by atoms with E-state index in [2.05, 4.69) is 20.4 Å². The zero-order chi connectivity index (χ0) is 12.4. The summed E-state index contributed by atoms with van der Waals surface area (Å²) in [6, 6.07) is 7.82. The van der Waals surface area contributed by atoms with Crippen LogP contribution in [-0.4, -0.2) is 36.4 Å². The Morgan fingerprint density at radius 2 is 1.94 bits per heavy atom. The molecule has 5 heteroatoms. The first kappa shape index (κ1) is 11.2. The van der Waals surface area contributed by atoms with Gasteiger partial charge in [-0.3, -0.25) is 0 Å². The molecule has 1 N–H and O–H groups in total. The maximum Gasteiger partial charge on any atom is 0.154 e. The van der Waals surface area contributed by atoms with E-state index in [1.165, 1.54) is 0 Å². The van der Waals surface area contributed by atoms with Crippen molar-refractivity contribution in [3.8, 4) is 11.5 Å². The number of aryl methyl sites for hydroxylation is 1. The van der Waals surface area contributed by atoms with Gasteiger partial charge in [0, 0.05) is 26.2 Å². The van der Waals surface area contributed by atoms with Gasteiger partial charge in [0.05, 0.1) is 0 Å². The highest BCUT2D eigenvalue weighted by atomic mass is 16.3. The van der Waals surface area contributed by atoms with Gasteiger partial charge in [-0.25, -0.2) is 0 Å². The van der Waals surface area contributed by atoms with Gasteiger partial charge in [-0.2, -0.15) is 0 Å². The lowest BCUT2D eigenvalue weighted by molar-refractivity contribution is 0.545. The van der Waals surface area contributed by atoms with Crippen molar-refractivity contribution in [1.82, 2.24) is 15.5 Å². The number of hydrogen-bond donors (Lipinski definition) is 1. The minimum Gasteiger partial charge on any atom is -0.460 e. The molecule has 0 bridgehead atoms. The molecule has 1 fully saturated rings. The van der Waals surface area contributed by atoms with Crippen LogP contribution in [-0.2, 0) is 0 Å². The number of anilines is 1. The van der Waals surface area contributed by atoms with Gasteiger partial charge in [0.1, 0.15) is 11.5 Å². The minimum atomic E-state index is 0.770. The number of aromatic nitrogens is 2. The van der Waals surface area contributed by atoms with Crippen LogP contribution < -0.4 is 10.2 Å². The van der Waals surface area contributed by atoms with E-state index in [9.17, 15) is 0 Å². The largest absolute Gasteiger partial charge is 0.460 e. The number of hydrogen-bond acceptors (Lipinski definition) is 5. The van der Waals surface area contributed by atoms with E-state index in [1.54, 1.807) is 0 Å². The van der Waals surface area contributed by atoms with Crippen molar-refractivity contribution in [2.24, 2.45) is 0 Å². The highest BCUT2D eigenvalue weighted by molar-refractivity contribution is 5.53. The molecule has 3 heterocycles. The molecule has 1 aliphatic heterocycles. The highest BCUT2D eigenvalue weighted by Gasteiger charge is 2.12. The first-order valence-electron chi connectivity index (χ1n) is 6.19. The fourth-order valence-electron chi connectivity index (χ4n) is 2.09. The van der Waals surface area contributed by atoms with Crippen LogP contribution >= 0.6 is 0 Å². The van der Waals surface area contributed by atoms with Crippen LogP contribution in [0.3, 0.4) is 0 Å². The summed E-state index contributed by atoms with van der Waals surface area (Å²) in [6.07, 6.45) is 0. The molecule has 0 aliphatic carbocycles. The van der Waals surface area contributed by atoms with E-state index in [1.807, 2.05) is 31.2 Å². The number of rotatable bonds is 2. The molecule has 3 rings (SSSR count). The van der Waals surface area contributed by atoms with Gasteiger partial charge in [-0.05, 0) is 31.2 Å². The molecule has 0 aromatic carbocycles. The third-order valence-corrected chi connectivity index (χ3v) is 3.08. The Balaban J connectivity index is 1.80. The van der Waals surface area contributed by atoms with Gasteiger partial charge in [0.25, 0.3) is 0 Å². The van der Waals surface area contributed by atoms with Crippen LogP contribution in [0.25, 0.3) is 11.5 Å². The van der Waals surface area contributed by atoms with E-state index >= 15 is 0 Å². The predicted molar refractivity (Wildman–Crippen MR) is 69.6 cm³/mol. The smallest absolute Gasteiger partial charge is 0.154 e. The molecule has 5 nitrogen and oxygen atoms in total. The first-order chi connectivity index (χ1) is 8.83. The summed E-state index contributed by atoms with van der Waals surface area (Å²) in [7, 11) is 0. The van der Waals surface area contributed by atoms with Crippen molar-refractivity contribution in [1.29, 1.82) is 0 Å². The molecule has 94 valence electrons. The van der Waals surface area contributed by atoms with Crippen LogP contribution in [0.4, 0.5) is 5.82 Å². The molecule has 0 amide bonds. The summed E-state index contributed by atoms with van der Waals surface area (Å²) < 4.78 is 5.53. The normalized spacial score (nSPS) is 15.9. The Bertz CT molecular complexity index is 514. The molecular weight excluding hydrogens is 228 g/mol. The maximum absolute atomic E-state index is 5.53. The molecule has 18 heavy (non-hydrogen) atoms. The van der Waals surface area contributed by atoms with E-state index in [0.29, 0.717) is 0 Å². The Hall–Kier alpha value is -1.88. The zero-order valence-electron chi connectivity index (χ0n) is 10.4. The molecular formula is C13H16N4O. The summed E-state index contributed by atoms with van der Waals surface area (Å²) in [6.45, 7) is 5.88. The monoisotopic (exact) mass is 244 g/mol. The molecule has 0 unspecified atom stereocenters. The van der Waals surface area contributed by atoms with Gasteiger partial charge in [-0.15, -0.1) is 10.2 Å². The number of nitrogens with one attached hydrogen (secondary N) is 1. The second kappa shape index (κ2) is 4.78. The van der Waals surface area contributed by atoms with Crippen LogP contribution in [0.5, 0.6) is 0 Å². The molecule has 0 atom stereocenters. The topological polar surface area (TPSA) is 54.2 Å². The Morgan fingerprint density at radius 3 is 2.56 bits per heavy atom. The molecule has 0 spiro atoms. The Labute approximate surface area is 106 Å². The van der Waals surface area contributed by atoms with Gasteiger partial charge in [0.15, 0.2) is 11.6 Å². The molecule has 2 aromatic rings. The lowest BCUT2D eigenvalue weighted by atomic mass is 10.3. The number of nitrogens with zero attached hydrogens (tertiary/aromatic N) is 3. The minimum absolute atomic E-state index is 0.770. The van der Waals surface area contributed by atoms with Gasteiger partial charge >= 0.3 is 0 Å². The summed E-state index contributed by atoms with van der Waals surface area (Å²) in [5.41, 5.74) is 0.780. The second-order valence-corrected chi connectivity index (χ2v) is 4.42. The lowest BCUT2D eigenvalue weighted by Gasteiger charge is -2.27. The van der Waals surface area contributed by atoms with E-state index in [4.69, 9.17) is 4.42 Å². The summed E-state index contributed by atoms with van der Waals surface area (Å²) in [4.78, 5) is 2.24. The maximum atomic E-state index is 5.53. The van der Waals surface area contributed by atoms with E-state index in [0.717, 1.165) is 49.2 Å². The quantitative estimate of drug-likeness (QED) is 0.866. The van der Waals surface area contributed by atoms with Crippen molar-refractivity contribution in [2.75, 3.05) is 31.1 Å². The number of piperazine rings is 1. The third kappa shape index (κ3) is 2.22. The van der Waals surface area contributed by atoms with Crippen molar-refractivity contribution in [3.63, 3.8) is 0 Å². The highest BCUT2D eigenvalue weighted by Crippen LogP contribution is 2.20. The Kier molecular flexibility index (Phi) is 2.98. The average Bonchev–Trinajstić information content (AvgIpc) is 2.87. The SMILES string of the molecule is Cc1ccc(-c2ccc(N3CCNCC3)nn2)o1. The van der Waals surface area contributed by atoms with Crippen molar-refractivity contribution >= 4 is 5.82 Å². The standard InChI is InChI=1S/C13H16N4O/c1-10-2-4-12(18-10)11-3-5-13(16-15-11)17-8-6-14-7-9-17/h2-5,14H,6-9H2,1H3. The van der Waals surface area contributed by atoms with Gasteiger partial charge < -0.3 is 14.6 Å². The van der Waals surface area contributed by atoms with Crippen molar-refractivity contribution in [3.05, 3.63) is 30.0 Å². The fraction of sp³-hybridized carbons (Fsp3) is 0.385. The second-order valence-electron chi connectivity index (χ2n) is 4.42. The van der Waals surface area contributed by atoms with Crippen LogP contribution in [0.1, 0.15) is 5.76 Å². The van der Waals surface area contributed by atoms with Gasteiger partial charge in [-0.1, -0.05) is 0 Å². The molecule has 1 saturated heterocycles. The molecule has 2 aromatic heterocycles. The van der Waals surface area contributed by atoms with Crippen LogP contribution in [0.2, 0.25) is 0 Å². The van der Waals surface area contributed by atoms with E-state index in [-0.39, 0.29) is 0 Å². The van der Waals surface area contributed by atoms with Crippen LogP contribution in [0.15, 0.2) is 28.7 Å². The first-order valence-corrected chi connectivity index (χ1v) is 6.19. The summed E-state index contributed by atoms with van der Waals surface area (Å²) >= 11 is 0. The van der Waals surface area contributed by atoms with Crippen molar-refractivity contribution in [2.45, 2.75) is 6.92 Å². The zero-order valence-corrected chi connectivity index (χ0v) is 10.4. The van der Waals surface area contributed by atoms with Crippen molar-refractivity contribution < 1.29 is 4.42 Å². The Morgan fingerprint density at radius 1 is 1.11 bits per heavy atom. The molecule has 0 radical (unpaired) electrons. The summed E-state index contributed by atoms with van der Waals surface area (Å²) in [5, 5.41) is 11.8. The third-order valence-electron chi connectivity index (χ3n) is 3.08. The number of furan rings is 1. The summed E-state index contributed by atoms with van der Waals surface area (Å²) in [5.74, 6) is 2.59. The lowest BCUT2D eigenvalue weighted by Crippen LogP contribution is -2.43. The molecule has 0 saturated carbocycles.